The topological polar surface area (TPSA) is 8.81 Å². The Kier molecular flexibility index (Phi) is 7.82. The summed E-state index contributed by atoms with van der Waals surface area (Å²) in [5, 5.41) is 6.16. The summed E-state index contributed by atoms with van der Waals surface area (Å²) < 4.78 is 3.93. The smallest absolute Gasteiger partial charge is 0.356 e. The molecule has 5 aromatic rings. The van der Waals surface area contributed by atoms with Crippen LogP contribution in [0, 0.1) is 0 Å². The zero-order valence-corrected chi connectivity index (χ0v) is 21.2. The average Bonchev–Trinajstić information content (AvgIpc) is 3.01. The van der Waals surface area contributed by atoms with Crippen LogP contribution in [0.3, 0.4) is 0 Å². The van der Waals surface area contributed by atoms with Crippen LogP contribution in [-0.2, 0) is 13.1 Å². The van der Waals surface area contributed by atoms with E-state index >= 15 is 0 Å². The van der Waals surface area contributed by atoms with Crippen LogP contribution in [0.2, 0.25) is 10.4 Å². The lowest BCUT2D eigenvalue weighted by molar-refractivity contribution is -0.685. The van der Waals surface area contributed by atoms with Crippen LogP contribution in [0.4, 0.5) is 0 Å². The number of nitrogens with zero attached hydrogens (tertiary/aromatic N) is 2. The fraction of sp³-hybridized carbons (Fsp3) is 0.0800. The molecule has 0 saturated heterocycles. The molecule has 0 atom stereocenters. The van der Waals surface area contributed by atoms with Crippen molar-refractivity contribution in [1.82, 2.24) is 4.57 Å². The highest BCUT2D eigenvalue weighted by Gasteiger charge is 2.21. The maximum absolute atomic E-state index is 6.71. The first kappa shape index (κ1) is 23.8. The molecule has 0 fully saturated rings. The zero-order valence-electron chi connectivity index (χ0n) is 16.5. The van der Waals surface area contributed by atoms with Crippen molar-refractivity contribution in [2.75, 3.05) is 0 Å². The summed E-state index contributed by atoms with van der Waals surface area (Å²) in [6.45, 7) is 1.31. The fourth-order valence-electron chi connectivity index (χ4n) is 3.80. The van der Waals surface area contributed by atoms with E-state index in [2.05, 4.69) is 84.9 Å². The quantitative estimate of drug-likeness (QED) is 0.275. The highest BCUT2D eigenvalue weighted by molar-refractivity contribution is 6.31. The van der Waals surface area contributed by atoms with E-state index in [1.165, 1.54) is 32.7 Å². The minimum Gasteiger partial charge on any atom is -1.00 e. The van der Waals surface area contributed by atoms with Gasteiger partial charge in [-0.2, -0.15) is 4.57 Å². The Morgan fingerprint density at radius 1 is 0.645 bits per heavy atom. The first-order chi connectivity index (χ1) is 14.2. The molecule has 6 heteroatoms. The number of hydrogen-bond donors (Lipinski definition) is 0. The van der Waals surface area contributed by atoms with Gasteiger partial charge in [0.05, 0.1) is 0 Å². The second kappa shape index (κ2) is 10.2. The summed E-state index contributed by atoms with van der Waals surface area (Å²) in [6.07, 6.45) is 1.90. The molecule has 1 aromatic heterocycles. The second-order valence-electron chi connectivity index (χ2n) is 7.30. The monoisotopic (exact) mass is 575 g/mol. The van der Waals surface area contributed by atoms with E-state index in [0.29, 0.717) is 23.5 Å². The van der Waals surface area contributed by atoms with Gasteiger partial charge in [-0.05, 0) is 56.4 Å². The van der Waals surface area contributed by atoms with Gasteiger partial charge in [0.15, 0.2) is 6.20 Å². The number of imidazole rings is 1. The summed E-state index contributed by atoms with van der Waals surface area (Å²) in [6, 6.07) is 29.7. The molecular formula is C25H19Br2Cl2N2-. The van der Waals surface area contributed by atoms with Gasteiger partial charge in [-0.3, -0.25) is 0 Å². The Bertz CT molecular complexity index is 1350. The van der Waals surface area contributed by atoms with Gasteiger partial charge in [0.1, 0.15) is 13.1 Å². The van der Waals surface area contributed by atoms with Gasteiger partial charge in [-0.25, -0.2) is 4.57 Å². The van der Waals surface area contributed by atoms with Crippen LogP contribution in [0.25, 0.3) is 21.5 Å². The van der Waals surface area contributed by atoms with E-state index in [4.69, 9.17) is 23.2 Å². The summed E-state index contributed by atoms with van der Waals surface area (Å²) in [5.74, 6) is 0. The molecule has 0 unspecified atom stereocenters. The van der Waals surface area contributed by atoms with Crippen molar-refractivity contribution in [2.45, 2.75) is 13.1 Å². The largest absolute Gasteiger partial charge is 1.00 e. The molecule has 1 heterocycles. The predicted molar refractivity (Wildman–Crippen MR) is 121 cm³/mol. The van der Waals surface area contributed by atoms with Gasteiger partial charge in [0.25, 0.3) is 0 Å². The lowest BCUT2D eigenvalue weighted by atomic mass is 10.1. The number of halogens is 4. The van der Waals surface area contributed by atoms with Crippen molar-refractivity contribution in [3.05, 3.63) is 113 Å². The van der Waals surface area contributed by atoms with Crippen LogP contribution in [-0.4, -0.2) is 4.57 Å². The van der Waals surface area contributed by atoms with Gasteiger partial charge >= 0.3 is 5.28 Å². The minimum atomic E-state index is 0. The molecule has 0 amide bonds. The van der Waals surface area contributed by atoms with E-state index < -0.39 is 0 Å². The van der Waals surface area contributed by atoms with E-state index in [1.54, 1.807) is 0 Å². The molecule has 0 aliphatic rings. The summed E-state index contributed by atoms with van der Waals surface area (Å²) in [4.78, 5) is 0. The molecule has 0 spiro atoms. The highest BCUT2D eigenvalue weighted by Crippen LogP contribution is 2.22. The molecular weight excluding hydrogens is 559 g/mol. The number of fused-ring (bicyclic) bond motifs is 2. The predicted octanol–water partition coefficient (Wildman–Crippen LogP) is 0.493. The molecule has 158 valence electrons. The van der Waals surface area contributed by atoms with E-state index in [-0.39, 0.29) is 34.0 Å². The molecule has 0 saturated carbocycles. The number of benzene rings is 4. The van der Waals surface area contributed by atoms with Gasteiger partial charge in [-0.15, -0.1) is 0 Å². The number of rotatable bonds is 4. The van der Waals surface area contributed by atoms with Crippen LogP contribution < -0.4 is 38.5 Å². The Labute approximate surface area is 212 Å². The highest BCUT2D eigenvalue weighted by atomic mass is 79.9. The number of aromatic nitrogens is 2. The van der Waals surface area contributed by atoms with Gasteiger partial charge in [-0.1, -0.05) is 72.8 Å². The molecule has 2 nitrogen and oxygen atoms in total. The Hall–Kier alpha value is -1.85. The first-order valence-corrected chi connectivity index (χ1v) is 10.3. The fourth-order valence-corrected chi connectivity index (χ4v) is 4.36. The number of hydrogen-bond acceptors (Lipinski definition) is 0. The van der Waals surface area contributed by atoms with Crippen molar-refractivity contribution in [2.24, 2.45) is 0 Å². The first-order valence-electron chi connectivity index (χ1n) is 9.57. The Balaban J connectivity index is 0.00000136. The summed E-state index contributed by atoms with van der Waals surface area (Å²) >= 11 is 13.2. The zero-order chi connectivity index (χ0) is 19.8. The maximum atomic E-state index is 6.71. The van der Waals surface area contributed by atoms with Crippen molar-refractivity contribution < 1.29 is 38.5 Å². The molecule has 0 N–H and O–H groups in total. The minimum absolute atomic E-state index is 0. The molecule has 5 rings (SSSR count). The third-order valence-electron chi connectivity index (χ3n) is 5.30. The third kappa shape index (κ3) is 4.98. The lowest BCUT2D eigenvalue weighted by Crippen LogP contribution is -3.00. The van der Waals surface area contributed by atoms with Crippen molar-refractivity contribution in [3.63, 3.8) is 0 Å². The summed E-state index contributed by atoms with van der Waals surface area (Å²) in [5.41, 5.74) is 2.36. The standard InChI is InChI=1S/C25H19Cl2N2.2BrH/c26-24-17-28(15-18-9-11-20-5-1-3-7-22(20)13-18)25(27)29(24)16-19-10-12-21-6-2-4-8-23(21)14-19;;/h1-14,17H,15-16H2;2*1H/q+1;;/p-2. The van der Waals surface area contributed by atoms with Gasteiger partial charge in [0, 0.05) is 11.6 Å². The SMILES string of the molecule is Clc1c[n+](Cc2ccc3ccccc3c2)c(Cl)n1Cc1ccc2ccccc2c1.[Br-].[Br-]. The van der Waals surface area contributed by atoms with Gasteiger partial charge < -0.3 is 34.0 Å². The molecule has 31 heavy (non-hydrogen) atoms. The van der Waals surface area contributed by atoms with Crippen molar-refractivity contribution >= 4 is 44.7 Å². The summed E-state index contributed by atoms with van der Waals surface area (Å²) in [7, 11) is 0. The van der Waals surface area contributed by atoms with E-state index in [9.17, 15) is 0 Å². The van der Waals surface area contributed by atoms with Crippen LogP contribution in [0.15, 0.2) is 91.1 Å². The molecule has 4 aromatic carbocycles. The Morgan fingerprint density at radius 2 is 1.16 bits per heavy atom. The normalized spacial score (nSPS) is 10.6. The molecule has 0 radical (unpaired) electrons. The average molecular weight is 578 g/mol. The second-order valence-corrected chi connectivity index (χ2v) is 8.02. The van der Waals surface area contributed by atoms with E-state index in [0.717, 1.165) is 0 Å². The van der Waals surface area contributed by atoms with Gasteiger partial charge in [0.2, 0.25) is 5.15 Å². The van der Waals surface area contributed by atoms with Crippen LogP contribution in [0.5, 0.6) is 0 Å². The van der Waals surface area contributed by atoms with Crippen molar-refractivity contribution in [3.8, 4) is 0 Å². The van der Waals surface area contributed by atoms with Crippen LogP contribution in [0.1, 0.15) is 11.1 Å². The molecule has 0 aliphatic heterocycles. The lowest BCUT2D eigenvalue weighted by Gasteiger charge is -2.04. The maximum Gasteiger partial charge on any atom is 0.356 e. The molecule has 0 aliphatic carbocycles. The third-order valence-corrected chi connectivity index (χ3v) is 6.02. The van der Waals surface area contributed by atoms with Crippen LogP contribution >= 0.6 is 23.2 Å². The molecule has 0 bridgehead atoms. The van der Waals surface area contributed by atoms with Crippen molar-refractivity contribution in [1.29, 1.82) is 0 Å². The Morgan fingerprint density at radius 3 is 1.77 bits per heavy atom. The van der Waals surface area contributed by atoms with E-state index in [1.807, 2.05) is 15.3 Å².